The van der Waals surface area contributed by atoms with Crippen molar-refractivity contribution < 1.29 is 5.11 Å². The van der Waals surface area contributed by atoms with Crippen molar-refractivity contribution >= 4 is 0 Å². The second-order valence-corrected chi connectivity index (χ2v) is 5.40. The number of benzene rings is 1. The molecule has 3 nitrogen and oxygen atoms in total. The molecule has 2 rings (SSSR count). The Morgan fingerprint density at radius 1 is 1.17 bits per heavy atom. The highest BCUT2D eigenvalue weighted by atomic mass is 16.3. The van der Waals surface area contributed by atoms with Crippen molar-refractivity contribution in [3.63, 3.8) is 0 Å². The largest absolute Gasteiger partial charge is 0.386 e. The molecule has 0 unspecified atom stereocenters. The predicted molar refractivity (Wildman–Crippen MR) is 73.0 cm³/mol. The fraction of sp³-hybridized carbons (Fsp3) is 0.400. The van der Waals surface area contributed by atoms with Crippen LogP contribution in [0.5, 0.6) is 0 Å². The predicted octanol–water partition coefficient (Wildman–Crippen LogP) is 3.02. The summed E-state index contributed by atoms with van der Waals surface area (Å²) in [5.41, 5.74) is 4.44. The van der Waals surface area contributed by atoms with E-state index in [0.29, 0.717) is 0 Å². The molecule has 0 aliphatic carbocycles. The first-order valence-corrected chi connectivity index (χ1v) is 6.16. The summed E-state index contributed by atoms with van der Waals surface area (Å²) in [6.07, 6.45) is 1.75. The molecule has 0 aliphatic heterocycles. The van der Waals surface area contributed by atoms with E-state index >= 15 is 0 Å². The van der Waals surface area contributed by atoms with E-state index in [1.54, 1.807) is 20.0 Å². The Morgan fingerprint density at radius 2 is 1.83 bits per heavy atom. The van der Waals surface area contributed by atoms with Gasteiger partial charge in [0.2, 0.25) is 0 Å². The molecule has 0 amide bonds. The van der Waals surface area contributed by atoms with Crippen LogP contribution in [0, 0.1) is 20.8 Å². The van der Waals surface area contributed by atoms with Gasteiger partial charge in [0, 0.05) is 11.3 Å². The third-order valence-corrected chi connectivity index (χ3v) is 3.26. The van der Waals surface area contributed by atoms with Crippen LogP contribution in [0.4, 0.5) is 0 Å². The fourth-order valence-electron chi connectivity index (χ4n) is 2.20. The van der Waals surface area contributed by atoms with E-state index in [2.05, 4.69) is 37.1 Å². The van der Waals surface area contributed by atoms with E-state index in [-0.39, 0.29) is 0 Å². The molecular weight excluding hydrogens is 224 g/mol. The lowest BCUT2D eigenvalue weighted by Gasteiger charge is -2.17. The van der Waals surface area contributed by atoms with Crippen molar-refractivity contribution in [1.82, 2.24) is 9.78 Å². The van der Waals surface area contributed by atoms with Gasteiger partial charge in [-0.25, -0.2) is 4.68 Å². The smallest absolute Gasteiger partial charge is 0.0873 e. The monoisotopic (exact) mass is 244 g/mol. The number of hydrogen-bond acceptors (Lipinski definition) is 2. The lowest BCUT2D eigenvalue weighted by molar-refractivity contribution is 0.0779. The number of hydrogen-bond donors (Lipinski definition) is 1. The van der Waals surface area contributed by atoms with Gasteiger partial charge in [-0.3, -0.25) is 0 Å². The topological polar surface area (TPSA) is 38.0 Å². The van der Waals surface area contributed by atoms with Crippen LogP contribution in [0.3, 0.4) is 0 Å². The summed E-state index contributed by atoms with van der Waals surface area (Å²) in [5.74, 6) is 0. The Kier molecular flexibility index (Phi) is 3.03. The molecule has 0 fully saturated rings. The molecule has 1 N–H and O–H groups in total. The number of aryl methyl sites for hydroxylation is 2. The van der Waals surface area contributed by atoms with Crippen LogP contribution in [-0.2, 0) is 5.60 Å². The molecule has 1 aromatic carbocycles. The van der Waals surface area contributed by atoms with Gasteiger partial charge in [0.25, 0.3) is 0 Å². The van der Waals surface area contributed by atoms with Crippen molar-refractivity contribution in [2.45, 2.75) is 40.2 Å². The summed E-state index contributed by atoms with van der Waals surface area (Å²) in [5, 5.41) is 14.5. The highest BCUT2D eigenvalue weighted by molar-refractivity contribution is 5.44. The molecular formula is C15H20N2O. The van der Waals surface area contributed by atoms with Crippen LogP contribution in [0.25, 0.3) is 5.69 Å². The van der Waals surface area contributed by atoms with E-state index in [4.69, 9.17) is 0 Å². The zero-order valence-corrected chi connectivity index (χ0v) is 11.7. The summed E-state index contributed by atoms with van der Waals surface area (Å²) >= 11 is 0. The van der Waals surface area contributed by atoms with Gasteiger partial charge in [-0.15, -0.1) is 0 Å². The third-order valence-electron chi connectivity index (χ3n) is 3.26. The standard InChI is InChI=1S/C15H20N2O/c1-10-6-7-11(2)14(8-10)17-12(3)13(9-16-17)15(4,5)18/h6-9,18H,1-5H3. The first-order valence-electron chi connectivity index (χ1n) is 6.16. The first kappa shape index (κ1) is 12.8. The normalized spacial score (nSPS) is 11.9. The van der Waals surface area contributed by atoms with Gasteiger partial charge in [0.1, 0.15) is 0 Å². The Morgan fingerprint density at radius 3 is 2.39 bits per heavy atom. The quantitative estimate of drug-likeness (QED) is 0.881. The van der Waals surface area contributed by atoms with E-state index in [0.717, 1.165) is 16.9 Å². The molecule has 0 saturated carbocycles. The number of aliphatic hydroxyl groups is 1. The van der Waals surface area contributed by atoms with E-state index in [1.165, 1.54) is 11.1 Å². The molecule has 0 spiro atoms. The molecule has 3 heteroatoms. The summed E-state index contributed by atoms with van der Waals surface area (Å²) in [7, 11) is 0. The Balaban J connectivity index is 2.59. The number of aromatic nitrogens is 2. The van der Waals surface area contributed by atoms with Gasteiger partial charge < -0.3 is 5.11 Å². The maximum Gasteiger partial charge on any atom is 0.0873 e. The van der Waals surface area contributed by atoms with Crippen molar-refractivity contribution in [2.24, 2.45) is 0 Å². The second-order valence-electron chi connectivity index (χ2n) is 5.40. The molecule has 0 atom stereocenters. The number of rotatable bonds is 2. The zero-order chi connectivity index (χ0) is 13.5. The van der Waals surface area contributed by atoms with Gasteiger partial charge in [-0.05, 0) is 51.8 Å². The van der Waals surface area contributed by atoms with Crippen LogP contribution in [0.15, 0.2) is 24.4 Å². The molecule has 96 valence electrons. The maximum atomic E-state index is 10.1. The van der Waals surface area contributed by atoms with E-state index in [1.807, 2.05) is 11.6 Å². The van der Waals surface area contributed by atoms with Gasteiger partial charge in [-0.2, -0.15) is 5.10 Å². The molecule has 0 saturated heterocycles. The molecule has 1 aromatic heterocycles. The van der Waals surface area contributed by atoms with Gasteiger partial charge in [-0.1, -0.05) is 12.1 Å². The molecule has 0 bridgehead atoms. The summed E-state index contributed by atoms with van der Waals surface area (Å²) < 4.78 is 1.90. The van der Waals surface area contributed by atoms with Crippen molar-refractivity contribution in [2.75, 3.05) is 0 Å². The Bertz CT molecular complexity index is 577. The molecule has 2 aromatic rings. The minimum absolute atomic E-state index is 0.861. The molecule has 18 heavy (non-hydrogen) atoms. The van der Waals surface area contributed by atoms with Crippen molar-refractivity contribution in [3.05, 3.63) is 46.8 Å². The van der Waals surface area contributed by atoms with E-state index in [9.17, 15) is 5.11 Å². The Labute approximate surface area is 108 Å². The van der Waals surface area contributed by atoms with Crippen LogP contribution >= 0.6 is 0 Å². The second kappa shape index (κ2) is 4.25. The van der Waals surface area contributed by atoms with Gasteiger partial charge in [0.05, 0.1) is 17.5 Å². The molecule has 0 radical (unpaired) electrons. The third kappa shape index (κ3) is 2.18. The Hall–Kier alpha value is -1.61. The molecule has 1 heterocycles. The average Bonchev–Trinajstić information content (AvgIpc) is 2.63. The zero-order valence-electron chi connectivity index (χ0n) is 11.7. The summed E-state index contributed by atoms with van der Waals surface area (Å²) in [6.45, 7) is 9.69. The first-order chi connectivity index (χ1) is 8.30. The van der Waals surface area contributed by atoms with Crippen molar-refractivity contribution in [3.8, 4) is 5.69 Å². The highest BCUT2D eigenvalue weighted by Gasteiger charge is 2.22. The average molecular weight is 244 g/mol. The number of nitrogens with zero attached hydrogens (tertiary/aromatic N) is 2. The minimum Gasteiger partial charge on any atom is -0.386 e. The van der Waals surface area contributed by atoms with Crippen LogP contribution < -0.4 is 0 Å². The van der Waals surface area contributed by atoms with Crippen LogP contribution in [-0.4, -0.2) is 14.9 Å². The van der Waals surface area contributed by atoms with E-state index < -0.39 is 5.60 Å². The SMILES string of the molecule is Cc1ccc(C)c(-n2ncc(C(C)(C)O)c2C)c1. The van der Waals surface area contributed by atoms with Crippen molar-refractivity contribution in [1.29, 1.82) is 0 Å². The molecule has 0 aliphatic rings. The highest BCUT2D eigenvalue weighted by Crippen LogP contribution is 2.26. The van der Waals surface area contributed by atoms with Gasteiger partial charge >= 0.3 is 0 Å². The summed E-state index contributed by atoms with van der Waals surface area (Å²) in [6, 6.07) is 6.30. The van der Waals surface area contributed by atoms with Crippen LogP contribution in [0.1, 0.15) is 36.2 Å². The summed E-state index contributed by atoms with van der Waals surface area (Å²) in [4.78, 5) is 0. The lowest BCUT2D eigenvalue weighted by atomic mass is 9.99. The van der Waals surface area contributed by atoms with Crippen LogP contribution in [0.2, 0.25) is 0 Å². The minimum atomic E-state index is -0.861. The fourth-order valence-corrected chi connectivity index (χ4v) is 2.20. The lowest BCUT2D eigenvalue weighted by Crippen LogP contribution is -2.16. The maximum absolute atomic E-state index is 10.1. The van der Waals surface area contributed by atoms with Gasteiger partial charge in [0.15, 0.2) is 0 Å².